The van der Waals surface area contributed by atoms with Gasteiger partial charge in [-0.05, 0) is 38.6 Å². The van der Waals surface area contributed by atoms with Crippen LogP contribution in [0.15, 0.2) is 0 Å². The Bertz CT molecular complexity index is 776. The Morgan fingerprint density at radius 2 is 1.59 bits per heavy atom. The smallest absolute Gasteiger partial charge is 0.326 e. The summed E-state index contributed by atoms with van der Waals surface area (Å²) >= 11 is 0. The predicted octanol–water partition coefficient (Wildman–Crippen LogP) is -3.37. The van der Waals surface area contributed by atoms with Gasteiger partial charge in [0.1, 0.15) is 18.1 Å². The van der Waals surface area contributed by atoms with E-state index >= 15 is 0 Å². The number of carbonyl (C=O) groups excluding carboxylic acids is 5. The molecule has 0 aliphatic carbocycles. The lowest BCUT2D eigenvalue weighted by Gasteiger charge is -2.28. The Kier molecular flexibility index (Phi) is 11.9. The molecule has 1 fully saturated rings. The van der Waals surface area contributed by atoms with Gasteiger partial charge in [0.15, 0.2) is 0 Å². The second-order valence-corrected chi connectivity index (χ2v) is 8.22. The van der Waals surface area contributed by atoms with Crippen molar-refractivity contribution in [1.29, 1.82) is 0 Å². The monoisotopic (exact) mass is 485 g/mol. The van der Waals surface area contributed by atoms with Gasteiger partial charge in [-0.3, -0.25) is 24.0 Å². The first kappa shape index (κ1) is 28.8. The number of nitrogens with zero attached hydrogens (tertiary/aromatic N) is 1. The van der Waals surface area contributed by atoms with Crippen molar-refractivity contribution >= 4 is 35.5 Å². The van der Waals surface area contributed by atoms with Crippen molar-refractivity contribution in [2.45, 2.75) is 75.5 Å². The average Bonchev–Trinajstić information content (AvgIpc) is 3.25. The van der Waals surface area contributed by atoms with Crippen LogP contribution in [0.1, 0.15) is 51.4 Å². The van der Waals surface area contributed by atoms with E-state index in [1.54, 1.807) is 0 Å². The maximum atomic E-state index is 12.9. The van der Waals surface area contributed by atoms with Crippen LogP contribution >= 0.6 is 0 Å². The fourth-order valence-electron chi connectivity index (χ4n) is 3.63. The molecule has 5 amide bonds. The largest absolute Gasteiger partial charge is 0.480 e. The van der Waals surface area contributed by atoms with Crippen LogP contribution in [0.3, 0.4) is 0 Å². The Balaban J connectivity index is 2.97. The fourth-order valence-corrected chi connectivity index (χ4v) is 3.63. The number of carboxylic acid groups (broad SMARTS) is 1. The molecule has 4 atom stereocenters. The van der Waals surface area contributed by atoms with Crippen LogP contribution in [-0.4, -0.2) is 82.8 Å². The predicted molar refractivity (Wildman–Crippen MR) is 119 cm³/mol. The van der Waals surface area contributed by atoms with Crippen molar-refractivity contribution in [2.75, 3.05) is 13.1 Å². The molecule has 0 radical (unpaired) electrons. The molecule has 192 valence electrons. The number of hydrogen-bond donors (Lipinski definition) is 7. The summed E-state index contributed by atoms with van der Waals surface area (Å²) in [6.45, 7) is 0.577. The molecular weight excluding hydrogens is 450 g/mol. The lowest BCUT2D eigenvalue weighted by molar-refractivity contribution is -0.149. The van der Waals surface area contributed by atoms with Crippen LogP contribution in [-0.2, 0) is 28.8 Å². The molecule has 1 heterocycles. The van der Waals surface area contributed by atoms with Crippen molar-refractivity contribution in [1.82, 2.24) is 15.5 Å². The minimum absolute atomic E-state index is 0.139. The van der Waals surface area contributed by atoms with Gasteiger partial charge < -0.3 is 43.6 Å². The molecule has 0 aromatic carbocycles. The van der Waals surface area contributed by atoms with Gasteiger partial charge in [0.05, 0.1) is 12.5 Å². The van der Waals surface area contributed by atoms with Gasteiger partial charge in [-0.25, -0.2) is 4.79 Å². The molecule has 0 bridgehead atoms. The number of carboxylic acids is 1. The third-order valence-electron chi connectivity index (χ3n) is 5.46. The number of primary amides is 2. The number of unbranched alkanes of at least 4 members (excludes halogenated alkanes) is 1. The zero-order valence-corrected chi connectivity index (χ0v) is 19.0. The van der Waals surface area contributed by atoms with Crippen molar-refractivity contribution in [2.24, 2.45) is 22.9 Å². The van der Waals surface area contributed by atoms with E-state index in [0.717, 1.165) is 4.90 Å². The Morgan fingerprint density at radius 1 is 0.941 bits per heavy atom. The van der Waals surface area contributed by atoms with E-state index in [0.29, 0.717) is 32.2 Å². The summed E-state index contributed by atoms with van der Waals surface area (Å²) in [5, 5.41) is 14.1. The highest BCUT2D eigenvalue weighted by Crippen LogP contribution is 2.19. The molecule has 1 rings (SSSR count). The minimum Gasteiger partial charge on any atom is -0.480 e. The van der Waals surface area contributed by atoms with Gasteiger partial charge in [-0.1, -0.05) is 6.42 Å². The van der Waals surface area contributed by atoms with E-state index in [4.69, 9.17) is 22.9 Å². The third-order valence-corrected chi connectivity index (χ3v) is 5.46. The van der Waals surface area contributed by atoms with Gasteiger partial charge in [0.2, 0.25) is 29.5 Å². The van der Waals surface area contributed by atoms with Gasteiger partial charge in [0.25, 0.3) is 0 Å². The highest BCUT2D eigenvalue weighted by Gasteiger charge is 2.39. The highest BCUT2D eigenvalue weighted by molar-refractivity contribution is 5.96. The molecule has 1 aliphatic rings. The Labute approximate surface area is 197 Å². The van der Waals surface area contributed by atoms with Crippen LogP contribution in [0, 0.1) is 0 Å². The van der Waals surface area contributed by atoms with Crippen LogP contribution in [0.2, 0.25) is 0 Å². The Morgan fingerprint density at radius 3 is 2.15 bits per heavy atom. The van der Waals surface area contributed by atoms with E-state index in [9.17, 15) is 33.9 Å². The van der Waals surface area contributed by atoms with Gasteiger partial charge in [-0.15, -0.1) is 0 Å². The summed E-state index contributed by atoms with van der Waals surface area (Å²) in [6, 6.07) is -4.75. The van der Waals surface area contributed by atoms with Crippen molar-refractivity contribution in [3.05, 3.63) is 0 Å². The standard InChI is InChI=1S/C20H35N7O7/c21-8-2-1-4-11(22)17(30)25-12(6-7-15(23)28)18(31)26-13(10-16(24)29)19(32)27-9-3-5-14(27)20(33)34/h11-14H,1-10,21-22H2,(H2,23,28)(H2,24,29)(H,25,30)(H,26,31)(H,33,34). The summed E-state index contributed by atoms with van der Waals surface area (Å²) in [7, 11) is 0. The zero-order chi connectivity index (χ0) is 25.8. The fraction of sp³-hybridized carbons (Fsp3) is 0.700. The Hall–Kier alpha value is -3.26. The van der Waals surface area contributed by atoms with Gasteiger partial charge in [0, 0.05) is 13.0 Å². The van der Waals surface area contributed by atoms with E-state index in [2.05, 4.69) is 10.6 Å². The molecular formula is C20H35N7O7. The zero-order valence-electron chi connectivity index (χ0n) is 19.0. The lowest BCUT2D eigenvalue weighted by atomic mass is 10.1. The SMILES string of the molecule is NCCCCC(N)C(=O)NC(CCC(N)=O)C(=O)NC(CC(N)=O)C(=O)N1CCCC1C(=O)O. The number of likely N-dealkylation sites (tertiary alicyclic amines) is 1. The molecule has 0 aromatic rings. The summed E-state index contributed by atoms with van der Waals surface area (Å²) in [6.07, 6.45) is 1.25. The molecule has 1 saturated heterocycles. The number of nitrogens with two attached hydrogens (primary N) is 4. The number of carbonyl (C=O) groups is 6. The number of hydrogen-bond acceptors (Lipinski definition) is 8. The maximum Gasteiger partial charge on any atom is 0.326 e. The summed E-state index contributed by atoms with van der Waals surface area (Å²) < 4.78 is 0. The van der Waals surface area contributed by atoms with Gasteiger partial charge >= 0.3 is 5.97 Å². The van der Waals surface area contributed by atoms with Gasteiger partial charge in [-0.2, -0.15) is 0 Å². The van der Waals surface area contributed by atoms with Crippen LogP contribution < -0.4 is 33.6 Å². The highest BCUT2D eigenvalue weighted by atomic mass is 16.4. The number of amides is 5. The van der Waals surface area contributed by atoms with E-state index in [1.165, 1.54) is 0 Å². The topological polar surface area (TPSA) is 254 Å². The van der Waals surface area contributed by atoms with Crippen LogP contribution in [0.5, 0.6) is 0 Å². The molecule has 0 spiro atoms. The normalized spacial score (nSPS) is 17.9. The van der Waals surface area contributed by atoms with Crippen molar-refractivity contribution < 1.29 is 33.9 Å². The maximum absolute atomic E-state index is 12.9. The summed E-state index contributed by atoms with van der Waals surface area (Å²) in [5.74, 6) is -5.12. The molecule has 14 heteroatoms. The second kappa shape index (κ2) is 14.1. The second-order valence-electron chi connectivity index (χ2n) is 8.22. The quantitative estimate of drug-likeness (QED) is 0.114. The molecule has 11 N–H and O–H groups in total. The lowest BCUT2D eigenvalue weighted by Crippen LogP contribution is -2.57. The van der Waals surface area contributed by atoms with Crippen LogP contribution in [0.4, 0.5) is 0 Å². The number of rotatable bonds is 15. The van der Waals surface area contributed by atoms with E-state index < -0.39 is 66.1 Å². The molecule has 1 aliphatic heterocycles. The number of aliphatic carboxylic acids is 1. The molecule has 0 aromatic heterocycles. The van der Waals surface area contributed by atoms with Crippen molar-refractivity contribution in [3.8, 4) is 0 Å². The summed E-state index contributed by atoms with van der Waals surface area (Å²) in [4.78, 5) is 73.6. The number of nitrogens with one attached hydrogen (secondary N) is 2. The first-order valence-corrected chi connectivity index (χ1v) is 11.1. The minimum atomic E-state index is -1.45. The van der Waals surface area contributed by atoms with Crippen LogP contribution in [0.25, 0.3) is 0 Å². The van der Waals surface area contributed by atoms with E-state index in [-0.39, 0.29) is 25.8 Å². The summed E-state index contributed by atoms with van der Waals surface area (Å²) in [5.41, 5.74) is 21.6. The first-order chi connectivity index (χ1) is 16.0. The molecule has 14 nitrogen and oxygen atoms in total. The third kappa shape index (κ3) is 9.31. The van der Waals surface area contributed by atoms with Crippen molar-refractivity contribution in [3.63, 3.8) is 0 Å². The molecule has 34 heavy (non-hydrogen) atoms. The average molecular weight is 486 g/mol. The van der Waals surface area contributed by atoms with E-state index in [1.807, 2.05) is 0 Å². The molecule has 0 saturated carbocycles. The first-order valence-electron chi connectivity index (χ1n) is 11.1. The molecule has 4 unspecified atom stereocenters.